The Balaban J connectivity index is 2.00. The fraction of sp³-hybridized carbons (Fsp3) is 0.333. The van der Waals surface area contributed by atoms with Crippen molar-refractivity contribution in [3.8, 4) is 11.8 Å². The highest BCUT2D eigenvalue weighted by Gasteiger charge is 2.52. The van der Waals surface area contributed by atoms with E-state index in [2.05, 4.69) is 10.6 Å². The number of benzene rings is 3. The highest BCUT2D eigenvalue weighted by molar-refractivity contribution is 6.31. The normalized spacial score (nSPS) is 13.2. The molecule has 0 bridgehead atoms. The van der Waals surface area contributed by atoms with Crippen molar-refractivity contribution in [3.63, 3.8) is 0 Å². The van der Waals surface area contributed by atoms with Crippen molar-refractivity contribution in [3.05, 3.63) is 99.0 Å². The van der Waals surface area contributed by atoms with Crippen molar-refractivity contribution >= 4 is 52.5 Å². The number of ether oxygens (including phenoxy) is 1. The van der Waals surface area contributed by atoms with Crippen LogP contribution in [0.2, 0.25) is 10.0 Å². The van der Waals surface area contributed by atoms with E-state index in [4.69, 9.17) is 27.9 Å². The molecule has 10 nitrogen and oxygen atoms in total. The van der Waals surface area contributed by atoms with Crippen molar-refractivity contribution in [2.75, 3.05) is 13.7 Å². The molecule has 0 heterocycles. The van der Waals surface area contributed by atoms with Crippen molar-refractivity contribution in [1.29, 1.82) is 5.26 Å². The van der Waals surface area contributed by atoms with Gasteiger partial charge in [0.05, 0.1) is 17.7 Å². The third-order valence-electron chi connectivity index (χ3n) is 7.96. The SMILES string of the molecule is COc1ccc([C@H](NC(=O)[C@H](Cc2ccc(Cl)c(C#N)c2)NC(=O)c2cccc(Cl)c2)C(=O)C[C@H](C(=O)C(F)(F)C(=O)NCC(F)(F)F)C(C)C)cc1. The maximum Gasteiger partial charge on any atom is 0.405 e. The first kappa shape index (κ1) is 42.3. The van der Waals surface area contributed by atoms with Crippen LogP contribution in [0.25, 0.3) is 0 Å². The summed E-state index contributed by atoms with van der Waals surface area (Å²) in [5.41, 5.74) is 0.628. The zero-order valence-corrected chi connectivity index (χ0v) is 29.8. The van der Waals surface area contributed by atoms with E-state index in [-0.39, 0.29) is 33.2 Å². The molecule has 0 aromatic heterocycles. The molecule has 0 spiro atoms. The number of rotatable bonds is 16. The van der Waals surface area contributed by atoms with Gasteiger partial charge in [0, 0.05) is 29.3 Å². The van der Waals surface area contributed by atoms with Crippen molar-refractivity contribution in [1.82, 2.24) is 16.0 Å². The second-order valence-corrected chi connectivity index (χ2v) is 13.0. The minimum atomic E-state index is -5.04. The van der Waals surface area contributed by atoms with Crippen LogP contribution in [0.4, 0.5) is 22.0 Å². The summed E-state index contributed by atoms with van der Waals surface area (Å²) in [5, 5.41) is 15.9. The number of nitrogens with one attached hydrogen (secondary N) is 3. The van der Waals surface area contributed by atoms with Gasteiger partial charge in [0.15, 0.2) is 5.78 Å². The summed E-state index contributed by atoms with van der Waals surface area (Å²) in [4.78, 5) is 66.3. The maximum absolute atomic E-state index is 14.9. The quantitative estimate of drug-likeness (QED) is 0.116. The number of nitriles is 1. The third kappa shape index (κ3) is 11.7. The van der Waals surface area contributed by atoms with E-state index >= 15 is 0 Å². The molecule has 0 radical (unpaired) electrons. The first-order chi connectivity index (χ1) is 24.8. The Hall–Kier alpha value is -5.07. The summed E-state index contributed by atoms with van der Waals surface area (Å²) in [5.74, 6) is -14.8. The predicted octanol–water partition coefficient (Wildman–Crippen LogP) is 6.19. The topological polar surface area (TPSA) is 154 Å². The van der Waals surface area contributed by atoms with Gasteiger partial charge >= 0.3 is 12.1 Å². The number of hydrogen-bond donors (Lipinski definition) is 3. The van der Waals surface area contributed by atoms with Gasteiger partial charge in [0.25, 0.3) is 11.8 Å². The number of hydrogen-bond acceptors (Lipinski definition) is 7. The third-order valence-corrected chi connectivity index (χ3v) is 8.53. The predicted molar refractivity (Wildman–Crippen MR) is 183 cm³/mol. The Bertz CT molecular complexity index is 1880. The molecule has 0 saturated heterocycles. The summed E-state index contributed by atoms with van der Waals surface area (Å²) in [6.45, 7) is 0.474. The van der Waals surface area contributed by atoms with E-state index in [9.17, 15) is 51.2 Å². The zero-order chi connectivity index (χ0) is 39.7. The average Bonchev–Trinajstić information content (AvgIpc) is 3.11. The lowest BCUT2D eigenvalue weighted by molar-refractivity contribution is -0.167. The van der Waals surface area contributed by atoms with Crippen LogP contribution in [-0.4, -0.2) is 61.1 Å². The van der Waals surface area contributed by atoms with E-state index in [1.807, 2.05) is 6.07 Å². The number of Topliss-reactive ketones (excluding diaryl/α,β-unsaturated/α-hetero) is 2. The lowest BCUT2D eigenvalue weighted by Crippen LogP contribution is -2.52. The van der Waals surface area contributed by atoms with Gasteiger partial charge in [-0.3, -0.25) is 24.0 Å². The number of carbonyl (C=O) groups is 5. The monoisotopic (exact) mass is 782 g/mol. The highest BCUT2D eigenvalue weighted by atomic mass is 35.5. The van der Waals surface area contributed by atoms with Crippen LogP contribution in [0.3, 0.4) is 0 Å². The van der Waals surface area contributed by atoms with Gasteiger partial charge in [-0.15, -0.1) is 0 Å². The average molecular weight is 784 g/mol. The maximum atomic E-state index is 14.9. The fourth-order valence-electron chi connectivity index (χ4n) is 5.09. The molecule has 0 aliphatic carbocycles. The summed E-state index contributed by atoms with van der Waals surface area (Å²) < 4.78 is 72.8. The number of alkyl halides is 5. The number of methoxy groups -OCH3 is 1. The van der Waals surface area contributed by atoms with Crippen LogP contribution in [0, 0.1) is 23.2 Å². The lowest BCUT2D eigenvalue weighted by Gasteiger charge is -2.27. The molecule has 3 aromatic rings. The summed E-state index contributed by atoms with van der Waals surface area (Å²) in [6.07, 6.45) is -6.25. The van der Waals surface area contributed by atoms with Gasteiger partial charge in [-0.25, -0.2) is 0 Å². The molecule has 3 amide bonds. The standard InChI is InChI=1S/C36H33Cl2F5N4O6/c1-19(2)26(31(49)36(42,43)34(52)45-18-35(39,40)41)16-29(48)30(21-8-10-25(53-3)11-9-21)47-33(51)28(14-20-7-12-27(38)23(13-20)17-44)46-32(50)22-5-4-6-24(37)15-22/h4-13,15,19,26,28,30H,14,16,18H2,1-3H3,(H,45,52)(H,46,50)(H,47,51)/t26-,28-,30-/m0/s1. The molecule has 0 fully saturated rings. The Labute approximate surface area is 311 Å². The smallest absolute Gasteiger partial charge is 0.405 e. The molecule has 282 valence electrons. The van der Waals surface area contributed by atoms with E-state index < -0.39 is 78.3 Å². The Morgan fingerprint density at radius 3 is 2.13 bits per heavy atom. The summed E-state index contributed by atoms with van der Waals surface area (Å²) in [6, 6.07) is 14.6. The molecular weight excluding hydrogens is 750 g/mol. The van der Waals surface area contributed by atoms with Crippen molar-refractivity contribution in [2.45, 2.75) is 50.9 Å². The van der Waals surface area contributed by atoms with Gasteiger partial charge in [-0.2, -0.15) is 27.2 Å². The minimum absolute atomic E-state index is 0.0732. The molecule has 0 unspecified atom stereocenters. The molecule has 3 rings (SSSR count). The van der Waals surface area contributed by atoms with Gasteiger partial charge < -0.3 is 20.7 Å². The number of amides is 3. The van der Waals surface area contributed by atoms with Crippen LogP contribution in [-0.2, 0) is 25.6 Å². The number of ketones is 2. The van der Waals surface area contributed by atoms with E-state index in [0.717, 1.165) is 5.32 Å². The number of halogens is 7. The van der Waals surface area contributed by atoms with Gasteiger partial charge in [-0.05, 0) is 59.5 Å². The van der Waals surface area contributed by atoms with Crippen LogP contribution < -0.4 is 20.7 Å². The first-order valence-electron chi connectivity index (χ1n) is 15.8. The largest absolute Gasteiger partial charge is 0.497 e. The molecule has 17 heteroatoms. The first-order valence-corrected chi connectivity index (χ1v) is 16.5. The summed E-state index contributed by atoms with van der Waals surface area (Å²) >= 11 is 12.1. The lowest BCUT2D eigenvalue weighted by atomic mass is 9.82. The number of nitrogens with zero attached hydrogens (tertiary/aromatic N) is 1. The Morgan fingerprint density at radius 1 is 0.906 bits per heavy atom. The number of carbonyl (C=O) groups excluding carboxylic acids is 5. The highest BCUT2D eigenvalue weighted by Crippen LogP contribution is 2.31. The molecule has 3 aromatic carbocycles. The Morgan fingerprint density at radius 2 is 1.57 bits per heavy atom. The molecular formula is C36H33Cl2F5N4O6. The van der Waals surface area contributed by atoms with Crippen molar-refractivity contribution in [2.24, 2.45) is 11.8 Å². The van der Waals surface area contributed by atoms with Crippen LogP contribution in [0.5, 0.6) is 5.75 Å². The molecule has 3 atom stereocenters. The van der Waals surface area contributed by atoms with Crippen LogP contribution in [0.1, 0.15) is 53.4 Å². The molecule has 0 aliphatic heterocycles. The second kappa shape index (κ2) is 18.1. The minimum Gasteiger partial charge on any atom is -0.497 e. The van der Waals surface area contributed by atoms with E-state index in [0.29, 0.717) is 11.3 Å². The van der Waals surface area contributed by atoms with Gasteiger partial charge in [-0.1, -0.05) is 61.3 Å². The molecule has 53 heavy (non-hydrogen) atoms. The fourth-order valence-corrected chi connectivity index (χ4v) is 5.44. The summed E-state index contributed by atoms with van der Waals surface area (Å²) in [7, 11) is 1.37. The van der Waals surface area contributed by atoms with E-state index in [1.165, 1.54) is 87.7 Å². The van der Waals surface area contributed by atoms with Crippen LogP contribution >= 0.6 is 23.2 Å². The van der Waals surface area contributed by atoms with Gasteiger partial charge in [0.2, 0.25) is 11.7 Å². The molecule has 3 N–H and O–H groups in total. The van der Waals surface area contributed by atoms with E-state index in [1.54, 1.807) is 0 Å². The van der Waals surface area contributed by atoms with Crippen molar-refractivity contribution < 1.29 is 50.7 Å². The molecule has 0 aliphatic rings. The van der Waals surface area contributed by atoms with Gasteiger partial charge in [0.1, 0.15) is 30.4 Å². The Kier molecular flexibility index (Phi) is 14.5. The molecule has 0 saturated carbocycles. The zero-order valence-electron chi connectivity index (χ0n) is 28.3. The van der Waals surface area contributed by atoms with Crippen LogP contribution in [0.15, 0.2) is 66.7 Å². The second-order valence-electron chi connectivity index (χ2n) is 12.1.